The molecule has 0 atom stereocenters. The van der Waals surface area contributed by atoms with Crippen LogP contribution in [-0.4, -0.2) is 23.2 Å². The van der Waals surface area contributed by atoms with Crippen LogP contribution in [0.2, 0.25) is 0 Å². The molecule has 0 saturated heterocycles. The zero-order chi connectivity index (χ0) is 12.8. The zero-order valence-corrected chi connectivity index (χ0v) is 11.1. The molecule has 1 aromatic carbocycles. The number of nitro groups is 1. The number of rotatable bonds is 6. The minimum absolute atomic E-state index is 0.0409. The molecular formula is C11H14BrNO4. The molecule has 0 heterocycles. The van der Waals surface area contributed by atoms with Gasteiger partial charge in [-0.2, -0.15) is 0 Å². The number of halogens is 1. The topological polar surface area (TPSA) is 72.6 Å². The van der Waals surface area contributed by atoms with Crippen LogP contribution < -0.4 is 4.74 Å². The van der Waals surface area contributed by atoms with Gasteiger partial charge >= 0.3 is 5.69 Å². The molecule has 94 valence electrons. The van der Waals surface area contributed by atoms with Crippen molar-refractivity contribution in [1.29, 1.82) is 0 Å². The molecule has 5 nitrogen and oxygen atoms in total. The molecule has 0 unspecified atom stereocenters. The van der Waals surface area contributed by atoms with Crippen molar-refractivity contribution < 1.29 is 14.8 Å². The van der Waals surface area contributed by atoms with E-state index in [2.05, 4.69) is 15.9 Å². The maximum atomic E-state index is 10.9. The molecule has 0 fully saturated rings. The Hall–Kier alpha value is -1.14. The number of nitro benzene ring substituents is 1. The van der Waals surface area contributed by atoms with E-state index in [1.54, 1.807) is 13.0 Å². The van der Waals surface area contributed by atoms with Crippen molar-refractivity contribution in [2.45, 2.75) is 19.8 Å². The second-order valence-corrected chi connectivity index (χ2v) is 4.52. The lowest BCUT2D eigenvalue weighted by atomic mass is 10.2. The highest BCUT2D eigenvalue weighted by Gasteiger charge is 2.18. The third-order valence-electron chi connectivity index (χ3n) is 2.22. The van der Waals surface area contributed by atoms with Crippen molar-refractivity contribution in [2.24, 2.45) is 0 Å². The molecule has 0 radical (unpaired) electrons. The van der Waals surface area contributed by atoms with Crippen molar-refractivity contribution in [3.63, 3.8) is 0 Å². The molecule has 0 aliphatic carbocycles. The first kappa shape index (κ1) is 13.9. The lowest BCUT2D eigenvalue weighted by Gasteiger charge is -2.09. The number of aryl methyl sites for hydroxylation is 1. The number of unbranched alkanes of at least 4 members (excludes halogenated alkanes) is 1. The van der Waals surface area contributed by atoms with Gasteiger partial charge in [0.25, 0.3) is 0 Å². The minimum atomic E-state index is -0.459. The number of hydrogen-bond acceptors (Lipinski definition) is 4. The van der Waals surface area contributed by atoms with Crippen molar-refractivity contribution in [3.05, 3.63) is 32.3 Å². The zero-order valence-electron chi connectivity index (χ0n) is 9.48. The van der Waals surface area contributed by atoms with E-state index in [-0.39, 0.29) is 12.3 Å². The molecule has 1 aromatic rings. The molecule has 1 rings (SSSR count). The van der Waals surface area contributed by atoms with Gasteiger partial charge in [-0.3, -0.25) is 10.1 Å². The molecule has 1 N–H and O–H groups in total. The Bertz CT molecular complexity index is 409. The number of ether oxygens (including phenoxy) is 1. The Balaban J connectivity index is 2.85. The fourth-order valence-electron chi connectivity index (χ4n) is 1.42. The fraction of sp³-hybridized carbons (Fsp3) is 0.455. The molecule has 0 aliphatic rings. The minimum Gasteiger partial charge on any atom is -0.487 e. The largest absolute Gasteiger partial charge is 0.487 e. The highest BCUT2D eigenvalue weighted by Crippen LogP contribution is 2.34. The Kier molecular flexibility index (Phi) is 5.37. The lowest BCUT2D eigenvalue weighted by Crippen LogP contribution is -2.03. The van der Waals surface area contributed by atoms with Crippen LogP contribution in [-0.2, 0) is 0 Å². The summed E-state index contributed by atoms with van der Waals surface area (Å²) in [6.45, 7) is 2.23. The van der Waals surface area contributed by atoms with Crippen LogP contribution in [0.1, 0.15) is 18.4 Å². The van der Waals surface area contributed by atoms with Gasteiger partial charge in [0.05, 0.1) is 11.5 Å². The van der Waals surface area contributed by atoms with Crippen LogP contribution in [0.25, 0.3) is 0 Å². The van der Waals surface area contributed by atoms with Gasteiger partial charge in [0.1, 0.15) is 0 Å². The quantitative estimate of drug-likeness (QED) is 0.498. The summed E-state index contributed by atoms with van der Waals surface area (Å²) in [5, 5.41) is 19.5. The summed E-state index contributed by atoms with van der Waals surface area (Å²) in [5.74, 6) is 0.302. The van der Waals surface area contributed by atoms with E-state index in [4.69, 9.17) is 9.84 Å². The Labute approximate surface area is 108 Å². The van der Waals surface area contributed by atoms with E-state index in [1.807, 2.05) is 0 Å². The van der Waals surface area contributed by atoms with Gasteiger partial charge in [-0.05, 0) is 31.4 Å². The molecule has 0 aliphatic heterocycles. The van der Waals surface area contributed by atoms with E-state index in [0.29, 0.717) is 29.7 Å². The first-order chi connectivity index (χ1) is 8.06. The number of nitrogens with zero attached hydrogens (tertiary/aromatic N) is 1. The van der Waals surface area contributed by atoms with E-state index in [9.17, 15) is 10.1 Å². The summed E-state index contributed by atoms with van der Waals surface area (Å²) in [7, 11) is 0. The number of aliphatic hydroxyl groups is 1. The summed E-state index contributed by atoms with van der Waals surface area (Å²) in [4.78, 5) is 10.4. The van der Waals surface area contributed by atoms with Crippen molar-refractivity contribution in [1.82, 2.24) is 0 Å². The van der Waals surface area contributed by atoms with E-state index >= 15 is 0 Å². The standard InChI is InChI=1S/C11H14BrNO4/c1-8-6-9(12)7-10(13(15)16)11(8)17-5-3-2-4-14/h6-7,14H,2-5H2,1H3. The number of aliphatic hydroxyl groups excluding tert-OH is 1. The van der Waals surface area contributed by atoms with Crippen LogP contribution in [0.4, 0.5) is 5.69 Å². The van der Waals surface area contributed by atoms with Crippen LogP contribution in [0.15, 0.2) is 16.6 Å². The summed E-state index contributed by atoms with van der Waals surface area (Å²) >= 11 is 3.22. The first-order valence-electron chi connectivity index (χ1n) is 5.24. The monoisotopic (exact) mass is 303 g/mol. The van der Waals surface area contributed by atoms with Crippen molar-refractivity contribution in [2.75, 3.05) is 13.2 Å². The molecule has 0 aromatic heterocycles. The van der Waals surface area contributed by atoms with Crippen LogP contribution in [0, 0.1) is 17.0 Å². The molecular weight excluding hydrogens is 290 g/mol. The average Bonchev–Trinajstić information content (AvgIpc) is 2.25. The summed E-state index contributed by atoms with van der Waals surface area (Å²) < 4.78 is 6.07. The number of hydrogen-bond donors (Lipinski definition) is 1. The first-order valence-corrected chi connectivity index (χ1v) is 6.03. The Morgan fingerprint density at radius 3 is 2.76 bits per heavy atom. The summed E-state index contributed by atoms with van der Waals surface area (Å²) in [6, 6.07) is 3.20. The third kappa shape index (κ3) is 3.98. The third-order valence-corrected chi connectivity index (χ3v) is 2.67. The van der Waals surface area contributed by atoms with Gasteiger partial charge in [0.15, 0.2) is 5.75 Å². The fourth-order valence-corrected chi connectivity index (χ4v) is 1.98. The van der Waals surface area contributed by atoms with Gasteiger partial charge in [-0.15, -0.1) is 0 Å². The van der Waals surface area contributed by atoms with Gasteiger partial charge in [-0.25, -0.2) is 0 Å². The van der Waals surface area contributed by atoms with Gasteiger partial charge < -0.3 is 9.84 Å². The molecule has 17 heavy (non-hydrogen) atoms. The lowest BCUT2D eigenvalue weighted by molar-refractivity contribution is -0.386. The van der Waals surface area contributed by atoms with E-state index in [1.165, 1.54) is 6.07 Å². The molecule has 0 amide bonds. The highest BCUT2D eigenvalue weighted by molar-refractivity contribution is 9.10. The van der Waals surface area contributed by atoms with E-state index in [0.717, 1.165) is 5.56 Å². The molecule has 6 heteroatoms. The molecule has 0 saturated carbocycles. The van der Waals surface area contributed by atoms with E-state index < -0.39 is 4.92 Å². The van der Waals surface area contributed by atoms with Crippen LogP contribution in [0.3, 0.4) is 0 Å². The van der Waals surface area contributed by atoms with Crippen LogP contribution in [0.5, 0.6) is 5.75 Å². The normalized spacial score (nSPS) is 10.3. The predicted octanol–water partition coefficient (Wildman–Crippen LogP) is 2.82. The average molecular weight is 304 g/mol. The van der Waals surface area contributed by atoms with Gasteiger partial charge in [0, 0.05) is 17.1 Å². The van der Waals surface area contributed by atoms with Gasteiger partial charge in [-0.1, -0.05) is 15.9 Å². The molecule has 0 spiro atoms. The maximum absolute atomic E-state index is 10.9. The van der Waals surface area contributed by atoms with Gasteiger partial charge in [0.2, 0.25) is 0 Å². The molecule has 0 bridgehead atoms. The Morgan fingerprint density at radius 1 is 1.47 bits per heavy atom. The smallest absolute Gasteiger partial charge is 0.312 e. The second-order valence-electron chi connectivity index (χ2n) is 3.61. The summed E-state index contributed by atoms with van der Waals surface area (Å²) in [6.07, 6.45) is 1.30. The highest BCUT2D eigenvalue weighted by atomic mass is 79.9. The van der Waals surface area contributed by atoms with Crippen molar-refractivity contribution in [3.8, 4) is 5.75 Å². The summed E-state index contributed by atoms with van der Waals surface area (Å²) in [5.41, 5.74) is 0.677. The predicted molar refractivity (Wildman–Crippen MR) is 67.3 cm³/mol. The second kappa shape index (κ2) is 6.56. The van der Waals surface area contributed by atoms with Crippen molar-refractivity contribution >= 4 is 21.6 Å². The Morgan fingerprint density at radius 2 is 2.18 bits per heavy atom. The van der Waals surface area contributed by atoms with Crippen LogP contribution >= 0.6 is 15.9 Å². The SMILES string of the molecule is Cc1cc(Br)cc([N+](=O)[O-])c1OCCCCO. The number of benzene rings is 1. The maximum Gasteiger partial charge on any atom is 0.312 e.